The molecule has 2 aromatic heterocycles. The number of benzene rings is 3. The first-order valence-corrected chi connectivity index (χ1v) is 13.0. The molecule has 0 bridgehead atoms. The molecule has 1 amide bonds. The summed E-state index contributed by atoms with van der Waals surface area (Å²) in [4.78, 5) is 33.7. The molecule has 6 rings (SSSR count). The van der Waals surface area contributed by atoms with Crippen molar-refractivity contribution in [3.63, 3.8) is 0 Å². The molecule has 5 aromatic rings. The molecule has 190 valence electrons. The Bertz CT molecular complexity index is 1740. The van der Waals surface area contributed by atoms with Gasteiger partial charge in [-0.1, -0.05) is 48.0 Å². The molecule has 1 aliphatic heterocycles. The van der Waals surface area contributed by atoms with Gasteiger partial charge in [-0.05, 0) is 49.2 Å². The van der Waals surface area contributed by atoms with Crippen LogP contribution in [-0.4, -0.2) is 18.0 Å². The van der Waals surface area contributed by atoms with Crippen LogP contribution in [0.25, 0.3) is 11.0 Å². The average Bonchev–Trinajstić information content (AvgIpc) is 3.49. The number of hydrogen-bond acceptors (Lipinski definition) is 7. The third-order valence-corrected chi connectivity index (χ3v) is 7.54. The Hall–Kier alpha value is -4.43. The van der Waals surface area contributed by atoms with E-state index in [1.165, 1.54) is 16.2 Å². The van der Waals surface area contributed by atoms with E-state index < -0.39 is 11.9 Å². The Morgan fingerprint density at radius 2 is 1.82 bits per heavy atom. The van der Waals surface area contributed by atoms with Gasteiger partial charge in [0.05, 0.1) is 29.8 Å². The zero-order chi connectivity index (χ0) is 26.4. The molecule has 3 aromatic carbocycles. The Morgan fingerprint density at radius 3 is 2.55 bits per heavy atom. The summed E-state index contributed by atoms with van der Waals surface area (Å²) in [6, 6.07) is 19.9. The predicted molar refractivity (Wildman–Crippen MR) is 146 cm³/mol. The number of carbonyl (C=O) groups excluding carboxylic acids is 1. The van der Waals surface area contributed by atoms with Gasteiger partial charge in [0.1, 0.15) is 12.2 Å². The number of hydrogen-bond donors (Lipinski definition) is 0. The molecule has 1 atom stereocenters. The van der Waals surface area contributed by atoms with Crippen LogP contribution in [-0.2, 0) is 6.61 Å². The normalized spacial score (nSPS) is 14.7. The van der Waals surface area contributed by atoms with Gasteiger partial charge < -0.3 is 13.9 Å². The summed E-state index contributed by atoms with van der Waals surface area (Å²) >= 11 is 1.35. The molecule has 38 heavy (non-hydrogen) atoms. The van der Waals surface area contributed by atoms with Gasteiger partial charge in [0, 0.05) is 5.38 Å². The van der Waals surface area contributed by atoms with Crippen molar-refractivity contribution < 1.29 is 18.7 Å². The molecule has 0 unspecified atom stereocenters. The number of ether oxygens (including phenoxy) is 2. The van der Waals surface area contributed by atoms with E-state index in [4.69, 9.17) is 13.9 Å². The summed E-state index contributed by atoms with van der Waals surface area (Å²) in [7, 11) is 1.56. The van der Waals surface area contributed by atoms with Crippen LogP contribution in [0.15, 0.2) is 81.3 Å². The van der Waals surface area contributed by atoms with E-state index >= 15 is 0 Å². The molecule has 0 saturated carbocycles. The lowest BCUT2D eigenvalue weighted by Gasteiger charge is -2.23. The molecule has 0 N–H and O–H groups in total. The number of carbonyl (C=O) groups is 1. The maximum atomic E-state index is 13.9. The second kappa shape index (κ2) is 9.46. The molecular weight excluding hydrogens is 500 g/mol. The Morgan fingerprint density at radius 1 is 1.00 bits per heavy atom. The minimum Gasteiger partial charge on any atom is -0.493 e. The summed E-state index contributed by atoms with van der Waals surface area (Å²) in [5, 5.41) is 2.80. The number of rotatable bonds is 6. The van der Waals surface area contributed by atoms with Gasteiger partial charge in [0.15, 0.2) is 22.1 Å². The van der Waals surface area contributed by atoms with E-state index in [0.29, 0.717) is 45.3 Å². The van der Waals surface area contributed by atoms with Crippen molar-refractivity contribution in [2.24, 2.45) is 0 Å². The van der Waals surface area contributed by atoms with Crippen molar-refractivity contribution in [3.05, 3.63) is 116 Å². The van der Waals surface area contributed by atoms with Gasteiger partial charge >= 0.3 is 0 Å². The van der Waals surface area contributed by atoms with Gasteiger partial charge in [-0.2, -0.15) is 0 Å². The molecule has 3 heterocycles. The van der Waals surface area contributed by atoms with Crippen molar-refractivity contribution in [3.8, 4) is 11.5 Å². The maximum Gasteiger partial charge on any atom is 0.297 e. The number of aromatic nitrogens is 1. The van der Waals surface area contributed by atoms with Gasteiger partial charge in [0.2, 0.25) is 5.76 Å². The quantitative estimate of drug-likeness (QED) is 0.263. The monoisotopic (exact) mass is 524 g/mol. The van der Waals surface area contributed by atoms with Gasteiger partial charge in [-0.25, -0.2) is 4.98 Å². The molecule has 1 aliphatic rings. The zero-order valence-corrected chi connectivity index (χ0v) is 21.9. The van der Waals surface area contributed by atoms with E-state index in [1.54, 1.807) is 31.4 Å². The molecule has 0 fully saturated rings. The first-order chi connectivity index (χ1) is 18.4. The van der Waals surface area contributed by atoms with E-state index in [0.717, 1.165) is 16.8 Å². The smallest absolute Gasteiger partial charge is 0.297 e. The summed E-state index contributed by atoms with van der Waals surface area (Å²) in [5.74, 6) is 0.688. The fourth-order valence-corrected chi connectivity index (χ4v) is 5.59. The molecule has 0 aliphatic carbocycles. The second-order valence-electron chi connectivity index (χ2n) is 9.21. The second-order valence-corrected chi connectivity index (χ2v) is 10.0. The Balaban J connectivity index is 1.49. The maximum absolute atomic E-state index is 13.9. The molecular formula is C30H24N2O5S. The molecule has 0 spiro atoms. The lowest BCUT2D eigenvalue weighted by molar-refractivity contribution is 0.0971. The molecule has 0 radical (unpaired) electrons. The number of methoxy groups -OCH3 is 1. The topological polar surface area (TPSA) is 81.9 Å². The third-order valence-electron chi connectivity index (χ3n) is 6.58. The van der Waals surface area contributed by atoms with Crippen LogP contribution in [0, 0.1) is 13.8 Å². The highest BCUT2D eigenvalue weighted by atomic mass is 32.1. The van der Waals surface area contributed by atoms with Gasteiger partial charge in [-0.15, -0.1) is 11.3 Å². The molecule has 0 saturated heterocycles. The highest BCUT2D eigenvalue weighted by molar-refractivity contribution is 7.14. The van der Waals surface area contributed by atoms with E-state index in [1.807, 2.05) is 61.7 Å². The van der Waals surface area contributed by atoms with Crippen LogP contribution in [0.1, 0.15) is 44.5 Å². The lowest BCUT2D eigenvalue weighted by atomic mass is 9.98. The Kier molecular flexibility index (Phi) is 5.96. The minimum absolute atomic E-state index is 0.0348. The van der Waals surface area contributed by atoms with Crippen molar-refractivity contribution in [2.45, 2.75) is 26.5 Å². The molecule has 7 nitrogen and oxygen atoms in total. The lowest BCUT2D eigenvalue weighted by Crippen LogP contribution is -2.29. The summed E-state index contributed by atoms with van der Waals surface area (Å²) in [6.45, 7) is 4.16. The number of amides is 1. The summed E-state index contributed by atoms with van der Waals surface area (Å²) in [5.41, 5.74) is 3.87. The van der Waals surface area contributed by atoms with Crippen molar-refractivity contribution in [2.75, 3.05) is 12.0 Å². The number of anilines is 1. The Labute approximate surface area is 222 Å². The first-order valence-electron chi connectivity index (χ1n) is 12.1. The number of fused-ring (bicyclic) bond motifs is 2. The number of aryl methyl sites for hydroxylation is 2. The standard InChI is InChI=1S/C30H24N2O5S/c1-17-9-11-22-21(13-17)27(33)25-26(32(29(34)28(25)37-22)30-31-18(2)16-38-30)20-10-12-23(24(14-20)35-3)36-15-19-7-5-4-6-8-19/h4-14,16,26H,15H2,1-3H3/t26-/m1/s1. The van der Waals surface area contributed by atoms with Gasteiger partial charge in [0.25, 0.3) is 5.91 Å². The predicted octanol–water partition coefficient (Wildman–Crippen LogP) is 6.20. The largest absolute Gasteiger partial charge is 0.493 e. The minimum atomic E-state index is -0.735. The van der Waals surface area contributed by atoms with E-state index in [9.17, 15) is 9.59 Å². The van der Waals surface area contributed by atoms with Crippen LogP contribution in [0.5, 0.6) is 11.5 Å². The van der Waals surface area contributed by atoms with Crippen molar-refractivity contribution in [1.82, 2.24) is 4.98 Å². The van der Waals surface area contributed by atoms with Gasteiger partial charge in [-0.3, -0.25) is 14.5 Å². The zero-order valence-electron chi connectivity index (χ0n) is 21.1. The highest BCUT2D eigenvalue weighted by Crippen LogP contribution is 2.44. The van der Waals surface area contributed by atoms with Crippen molar-refractivity contribution >= 4 is 33.3 Å². The first kappa shape index (κ1) is 23.9. The van der Waals surface area contributed by atoms with Crippen LogP contribution in [0.2, 0.25) is 0 Å². The fourth-order valence-electron chi connectivity index (χ4n) is 4.76. The number of thiazole rings is 1. The van der Waals surface area contributed by atoms with Crippen molar-refractivity contribution in [1.29, 1.82) is 0 Å². The van der Waals surface area contributed by atoms with E-state index in [2.05, 4.69) is 4.98 Å². The summed E-state index contributed by atoms with van der Waals surface area (Å²) in [6.07, 6.45) is 0. The van der Waals surface area contributed by atoms with E-state index in [-0.39, 0.29) is 11.2 Å². The molecule has 8 heteroatoms. The van der Waals surface area contributed by atoms with Crippen LogP contribution >= 0.6 is 11.3 Å². The summed E-state index contributed by atoms with van der Waals surface area (Å²) < 4.78 is 17.8. The SMILES string of the molecule is COc1cc([C@@H]2c3c(oc4ccc(C)cc4c3=O)C(=O)N2c2nc(C)cs2)ccc1OCc1ccccc1. The highest BCUT2D eigenvalue weighted by Gasteiger charge is 2.45. The average molecular weight is 525 g/mol. The number of nitrogens with zero attached hydrogens (tertiary/aromatic N) is 2. The van der Waals surface area contributed by atoms with Crippen LogP contribution in [0.3, 0.4) is 0 Å². The fraction of sp³-hybridized carbons (Fsp3) is 0.167. The van der Waals surface area contributed by atoms with Crippen LogP contribution in [0.4, 0.5) is 5.13 Å². The van der Waals surface area contributed by atoms with Crippen LogP contribution < -0.4 is 19.8 Å². The third kappa shape index (κ3) is 4.03.